The predicted molar refractivity (Wildman–Crippen MR) is 74.8 cm³/mol. The highest BCUT2D eigenvalue weighted by Crippen LogP contribution is 2.36. The van der Waals surface area contributed by atoms with E-state index in [4.69, 9.17) is 0 Å². The third-order valence-corrected chi connectivity index (χ3v) is 4.80. The van der Waals surface area contributed by atoms with Crippen molar-refractivity contribution in [2.24, 2.45) is 0 Å². The summed E-state index contributed by atoms with van der Waals surface area (Å²) in [5.74, 6) is -0.281. The maximum Gasteiger partial charge on any atom is 0.126 e. The summed E-state index contributed by atoms with van der Waals surface area (Å²) in [6.45, 7) is 0. The number of aliphatic hydroxyl groups is 1. The Kier molecular flexibility index (Phi) is 4.36. The first-order chi connectivity index (χ1) is 8.08. The molecule has 0 spiro atoms. The van der Waals surface area contributed by atoms with Gasteiger partial charge >= 0.3 is 0 Å². The maximum absolute atomic E-state index is 13.4. The van der Waals surface area contributed by atoms with Crippen LogP contribution in [0.5, 0.6) is 0 Å². The van der Waals surface area contributed by atoms with Gasteiger partial charge < -0.3 is 5.11 Å². The minimum atomic E-state index is -0.705. The van der Waals surface area contributed by atoms with E-state index in [9.17, 15) is 9.50 Å². The molecule has 0 saturated heterocycles. The van der Waals surface area contributed by atoms with Crippen molar-refractivity contribution in [2.75, 3.05) is 0 Å². The highest BCUT2D eigenvalue weighted by molar-refractivity contribution is 9.12. The summed E-state index contributed by atoms with van der Waals surface area (Å²) in [7, 11) is 0. The minimum absolute atomic E-state index is 0.272. The summed E-state index contributed by atoms with van der Waals surface area (Å²) in [4.78, 5) is 0. The van der Waals surface area contributed by atoms with Crippen LogP contribution in [-0.2, 0) is 6.42 Å². The van der Waals surface area contributed by atoms with Gasteiger partial charge in [0.2, 0.25) is 0 Å². The third-order valence-electron chi connectivity index (χ3n) is 2.41. The molecule has 2 rings (SSSR count). The van der Waals surface area contributed by atoms with Crippen molar-refractivity contribution in [1.29, 1.82) is 0 Å². The van der Waals surface area contributed by atoms with Crippen LogP contribution in [0.25, 0.3) is 0 Å². The Hall–Kier alpha value is -0.230. The van der Waals surface area contributed by atoms with Crippen molar-refractivity contribution in [3.05, 3.63) is 54.8 Å². The summed E-state index contributed by atoms with van der Waals surface area (Å²) in [6.07, 6.45) is -0.433. The summed E-state index contributed by atoms with van der Waals surface area (Å²) >= 11 is 8.23. The molecule has 1 N–H and O–H groups in total. The molecule has 0 bridgehead atoms. The van der Waals surface area contributed by atoms with Gasteiger partial charge in [-0.15, -0.1) is 11.3 Å². The van der Waals surface area contributed by atoms with E-state index in [0.717, 1.165) is 13.1 Å². The van der Waals surface area contributed by atoms with E-state index in [1.54, 1.807) is 18.2 Å². The fourth-order valence-corrected chi connectivity index (χ4v) is 4.52. The SMILES string of the molecule is OC(Cc1ccccc1F)c1cc(Br)sc1Br. The molecule has 5 heteroatoms. The Labute approximate surface area is 120 Å². The lowest BCUT2D eigenvalue weighted by atomic mass is 10.0. The molecule has 1 unspecified atom stereocenters. The largest absolute Gasteiger partial charge is 0.388 e. The Morgan fingerprint density at radius 3 is 2.59 bits per heavy atom. The average molecular weight is 380 g/mol. The number of halogens is 3. The molecular formula is C12H9Br2FOS. The predicted octanol–water partition coefficient (Wildman–Crippen LogP) is 4.69. The van der Waals surface area contributed by atoms with Gasteiger partial charge in [-0.3, -0.25) is 0 Å². The first-order valence-electron chi connectivity index (χ1n) is 4.94. The monoisotopic (exact) mass is 378 g/mol. The zero-order valence-corrected chi connectivity index (χ0v) is 12.6. The summed E-state index contributed by atoms with van der Waals surface area (Å²) in [5, 5.41) is 10.1. The maximum atomic E-state index is 13.4. The van der Waals surface area contributed by atoms with Gasteiger partial charge in [-0.25, -0.2) is 4.39 Å². The molecule has 0 amide bonds. The summed E-state index contributed by atoms with van der Waals surface area (Å²) in [6, 6.07) is 8.35. The van der Waals surface area contributed by atoms with Gasteiger partial charge in [0.25, 0.3) is 0 Å². The second-order valence-electron chi connectivity index (χ2n) is 3.59. The molecule has 1 aromatic carbocycles. The molecule has 1 aromatic heterocycles. The highest BCUT2D eigenvalue weighted by atomic mass is 79.9. The molecule has 0 aliphatic heterocycles. The average Bonchev–Trinajstić information content (AvgIpc) is 2.61. The Morgan fingerprint density at radius 1 is 1.29 bits per heavy atom. The Bertz CT molecular complexity index is 527. The van der Waals surface area contributed by atoms with Crippen LogP contribution in [-0.4, -0.2) is 5.11 Å². The molecule has 1 atom stereocenters. The summed E-state index contributed by atoms with van der Waals surface area (Å²) in [5.41, 5.74) is 1.30. The molecule has 0 aliphatic rings. The van der Waals surface area contributed by atoms with Crippen LogP contribution in [0, 0.1) is 5.82 Å². The zero-order valence-electron chi connectivity index (χ0n) is 8.66. The number of aliphatic hydroxyl groups excluding tert-OH is 1. The van der Waals surface area contributed by atoms with Crippen molar-refractivity contribution in [3.63, 3.8) is 0 Å². The van der Waals surface area contributed by atoms with Crippen LogP contribution in [0.3, 0.4) is 0 Å². The number of rotatable bonds is 3. The van der Waals surface area contributed by atoms with Crippen molar-refractivity contribution < 1.29 is 9.50 Å². The fourth-order valence-electron chi connectivity index (χ4n) is 1.56. The Morgan fingerprint density at radius 2 is 2.00 bits per heavy atom. The highest BCUT2D eigenvalue weighted by Gasteiger charge is 2.16. The van der Waals surface area contributed by atoms with Crippen LogP contribution in [0.1, 0.15) is 17.2 Å². The van der Waals surface area contributed by atoms with E-state index < -0.39 is 6.10 Å². The van der Waals surface area contributed by atoms with Crippen LogP contribution in [0.4, 0.5) is 4.39 Å². The van der Waals surface area contributed by atoms with Gasteiger partial charge in [0.1, 0.15) is 5.82 Å². The van der Waals surface area contributed by atoms with Gasteiger partial charge in [-0.2, -0.15) is 0 Å². The number of hydrogen-bond donors (Lipinski definition) is 1. The van der Waals surface area contributed by atoms with Gasteiger partial charge in [-0.05, 0) is 49.6 Å². The molecule has 1 nitrogen and oxygen atoms in total. The van der Waals surface area contributed by atoms with Crippen LogP contribution < -0.4 is 0 Å². The normalized spacial score (nSPS) is 12.7. The van der Waals surface area contributed by atoms with E-state index in [0.29, 0.717) is 5.56 Å². The van der Waals surface area contributed by atoms with E-state index in [1.165, 1.54) is 17.4 Å². The molecule has 1 heterocycles. The molecule has 0 saturated carbocycles. The molecule has 17 heavy (non-hydrogen) atoms. The zero-order chi connectivity index (χ0) is 12.4. The third kappa shape index (κ3) is 3.16. The standard InChI is InChI=1S/C12H9Br2FOS/c13-11-6-8(12(14)17-11)10(16)5-7-3-1-2-4-9(7)15/h1-4,6,10,16H,5H2. The van der Waals surface area contributed by atoms with Gasteiger partial charge in [0.15, 0.2) is 0 Å². The molecule has 90 valence electrons. The van der Waals surface area contributed by atoms with E-state index in [-0.39, 0.29) is 12.2 Å². The molecule has 0 fully saturated rings. The first-order valence-corrected chi connectivity index (χ1v) is 7.34. The second-order valence-corrected chi connectivity index (χ2v) is 7.34. The van der Waals surface area contributed by atoms with Gasteiger partial charge in [-0.1, -0.05) is 18.2 Å². The molecule has 2 aromatic rings. The van der Waals surface area contributed by atoms with E-state index in [2.05, 4.69) is 31.9 Å². The topological polar surface area (TPSA) is 20.2 Å². The van der Waals surface area contributed by atoms with Crippen molar-refractivity contribution in [1.82, 2.24) is 0 Å². The van der Waals surface area contributed by atoms with Gasteiger partial charge in [0, 0.05) is 12.0 Å². The molecular weight excluding hydrogens is 371 g/mol. The van der Waals surface area contributed by atoms with Crippen LogP contribution >= 0.6 is 43.2 Å². The smallest absolute Gasteiger partial charge is 0.126 e. The van der Waals surface area contributed by atoms with Crippen molar-refractivity contribution in [3.8, 4) is 0 Å². The summed E-state index contributed by atoms with van der Waals surface area (Å²) < 4.78 is 15.2. The van der Waals surface area contributed by atoms with Crippen molar-refractivity contribution >= 4 is 43.2 Å². The lowest BCUT2D eigenvalue weighted by Gasteiger charge is -2.10. The second kappa shape index (κ2) is 5.61. The van der Waals surface area contributed by atoms with Crippen molar-refractivity contribution in [2.45, 2.75) is 12.5 Å². The van der Waals surface area contributed by atoms with Gasteiger partial charge in [0.05, 0.1) is 13.7 Å². The quantitative estimate of drug-likeness (QED) is 0.820. The minimum Gasteiger partial charge on any atom is -0.388 e. The Balaban J connectivity index is 2.20. The fraction of sp³-hybridized carbons (Fsp3) is 0.167. The molecule has 0 radical (unpaired) electrons. The lowest BCUT2D eigenvalue weighted by molar-refractivity contribution is 0.177. The van der Waals surface area contributed by atoms with E-state index in [1.807, 2.05) is 6.07 Å². The number of benzene rings is 1. The van der Waals surface area contributed by atoms with Crippen LogP contribution in [0.15, 0.2) is 37.9 Å². The van der Waals surface area contributed by atoms with Crippen LogP contribution in [0.2, 0.25) is 0 Å². The van der Waals surface area contributed by atoms with E-state index >= 15 is 0 Å². The number of thiophene rings is 1. The first kappa shape index (κ1) is 13.2. The number of hydrogen-bond acceptors (Lipinski definition) is 2. The lowest BCUT2D eigenvalue weighted by Crippen LogP contribution is -2.02. The molecule has 0 aliphatic carbocycles.